The number of rotatable bonds is 7. The van der Waals surface area contributed by atoms with Gasteiger partial charge in [0.25, 0.3) is 5.91 Å². The lowest BCUT2D eigenvalue weighted by Crippen LogP contribution is -2.31. The molecule has 0 fully saturated rings. The molecule has 6 N–H and O–H groups in total. The van der Waals surface area contributed by atoms with Crippen LogP contribution in [-0.4, -0.2) is 54.9 Å². The molecule has 190 valence electrons. The summed E-state index contributed by atoms with van der Waals surface area (Å²) in [4.78, 5) is 38.5. The highest BCUT2D eigenvalue weighted by molar-refractivity contribution is 6.05. The van der Waals surface area contributed by atoms with Crippen molar-refractivity contribution < 1.29 is 34.3 Å². The van der Waals surface area contributed by atoms with Crippen LogP contribution in [0.3, 0.4) is 0 Å². The molecule has 0 spiro atoms. The molecular formula is C24H22N6O7. The summed E-state index contributed by atoms with van der Waals surface area (Å²) < 4.78 is 11.4. The van der Waals surface area contributed by atoms with Gasteiger partial charge in [-0.3, -0.25) is 35.6 Å². The first-order chi connectivity index (χ1) is 17.5. The number of benzene rings is 2. The van der Waals surface area contributed by atoms with Gasteiger partial charge in [0.15, 0.2) is 11.7 Å². The van der Waals surface area contributed by atoms with Crippen molar-refractivity contribution in [1.29, 1.82) is 10.8 Å². The van der Waals surface area contributed by atoms with E-state index in [2.05, 4.69) is 4.98 Å². The van der Waals surface area contributed by atoms with Crippen LogP contribution in [0, 0.1) is 10.8 Å². The molecule has 0 aliphatic rings. The summed E-state index contributed by atoms with van der Waals surface area (Å²) in [6.45, 7) is 2.22. The highest BCUT2D eigenvalue weighted by Crippen LogP contribution is 2.28. The van der Waals surface area contributed by atoms with Crippen LogP contribution >= 0.6 is 0 Å². The van der Waals surface area contributed by atoms with Crippen molar-refractivity contribution in [2.45, 2.75) is 13.8 Å². The number of ether oxygens (including phenoxy) is 2. The fourth-order valence-corrected chi connectivity index (χ4v) is 2.90. The summed E-state index contributed by atoms with van der Waals surface area (Å²) in [5.41, 5.74) is 5.89. The van der Waals surface area contributed by atoms with Crippen molar-refractivity contribution in [2.75, 3.05) is 0 Å². The van der Waals surface area contributed by atoms with E-state index in [-0.39, 0.29) is 44.3 Å². The first-order valence-corrected chi connectivity index (χ1v) is 10.5. The lowest BCUT2D eigenvalue weighted by atomic mass is 10.2. The number of amidine groups is 2. The molecule has 13 nitrogen and oxygen atoms in total. The molecule has 37 heavy (non-hydrogen) atoms. The van der Waals surface area contributed by atoms with Crippen LogP contribution in [0.2, 0.25) is 0 Å². The van der Waals surface area contributed by atoms with Crippen LogP contribution in [0.5, 0.6) is 23.3 Å². The van der Waals surface area contributed by atoms with Gasteiger partial charge in [-0.2, -0.15) is 15.1 Å². The van der Waals surface area contributed by atoms with Crippen LogP contribution in [0.25, 0.3) is 0 Å². The summed E-state index contributed by atoms with van der Waals surface area (Å²) >= 11 is 0. The Morgan fingerprint density at radius 2 is 1.19 bits per heavy atom. The molecule has 0 saturated heterocycles. The predicted octanol–water partition coefficient (Wildman–Crippen LogP) is 2.89. The second-order valence-electron chi connectivity index (χ2n) is 7.48. The highest BCUT2D eigenvalue weighted by atomic mass is 16.5. The molecule has 2 aromatic carbocycles. The van der Waals surface area contributed by atoms with E-state index in [1.807, 2.05) is 0 Å². The lowest BCUT2D eigenvalue weighted by molar-refractivity contribution is -0.147. The summed E-state index contributed by atoms with van der Waals surface area (Å²) in [5.74, 6) is -2.66. The van der Waals surface area contributed by atoms with Gasteiger partial charge < -0.3 is 15.2 Å². The first kappa shape index (κ1) is 26.5. The third-order valence-corrected chi connectivity index (χ3v) is 4.81. The van der Waals surface area contributed by atoms with Crippen LogP contribution in [0.15, 0.2) is 60.7 Å². The quantitative estimate of drug-likeness (QED) is 0.139. The molecule has 0 aliphatic heterocycles. The number of hydroxylamine groups is 4. The summed E-state index contributed by atoms with van der Waals surface area (Å²) in [7, 11) is 0. The van der Waals surface area contributed by atoms with Crippen LogP contribution in [0.1, 0.15) is 35.3 Å². The monoisotopic (exact) mass is 506 g/mol. The van der Waals surface area contributed by atoms with Gasteiger partial charge in [-0.05, 0) is 54.6 Å². The van der Waals surface area contributed by atoms with Crippen molar-refractivity contribution in [3.8, 4) is 23.3 Å². The molecule has 1 aromatic heterocycles. The standard InChI is InChI=1S/C24H22N6O7/c1-13(31)29(34)21(25)15-3-7-17(8-4-15)36-20-12-11-19(23(27)33)24(28-20)37-18-9-5-16(6-10-18)22(26)30(35)14(2)32/h3-12,25-26,34-35H,1-2H3,(H2,27,33). The molecule has 13 heteroatoms. The minimum absolute atomic E-state index is 0.0293. The summed E-state index contributed by atoms with van der Waals surface area (Å²) in [6, 6.07) is 14.4. The van der Waals surface area contributed by atoms with Crippen molar-refractivity contribution >= 4 is 29.4 Å². The van der Waals surface area contributed by atoms with Gasteiger partial charge in [0, 0.05) is 31.0 Å². The van der Waals surface area contributed by atoms with Crippen molar-refractivity contribution in [3.63, 3.8) is 0 Å². The fraction of sp³-hybridized carbons (Fsp3) is 0.0833. The number of amides is 3. The third kappa shape index (κ3) is 6.30. The lowest BCUT2D eigenvalue weighted by Gasteiger charge is -2.15. The van der Waals surface area contributed by atoms with E-state index in [0.29, 0.717) is 5.75 Å². The van der Waals surface area contributed by atoms with Gasteiger partial charge in [-0.25, -0.2) is 0 Å². The number of carbonyl (C=O) groups is 3. The highest BCUT2D eigenvalue weighted by Gasteiger charge is 2.17. The molecule has 0 saturated carbocycles. The zero-order valence-electron chi connectivity index (χ0n) is 19.6. The van der Waals surface area contributed by atoms with E-state index >= 15 is 0 Å². The van der Waals surface area contributed by atoms with Crippen LogP contribution in [-0.2, 0) is 9.59 Å². The Bertz CT molecular complexity index is 1370. The largest absolute Gasteiger partial charge is 0.439 e. The number of primary amides is 1. The number of nitrogens with one attached hydrogen (secondary N) is 2. The van der Waals surface area contributed by atoms with Gasteiger partial charge in [0.1, 0.15) is 17.1 Å². The summed E-state index contributed by atoms with van der Waals surface area (Å²) in [6.07, 6.45) is 0. The molecular weight excluding hydrogens is 484 g/mol. The van der Waals surface area contributed by atoms with E-state index in [1.54, 1.807) is 0 Å². The normalized spacial score (nSPS) is 10.3. The number of nitrogens with zero attached hydrogens (tertiary/aromatic N) is 3. The van der Waals surface area contributed by atoms with E-state index < -0.39 is 29.4 Å². The summed E-state index contributed by atoms with van der Waals surface area (Å²) in [5, 5.41) is 35.3. The van der Waals surface area contributed by atoms with Gasteiger partial charge in [0.05, 0.1) is 0 Å². The average Bonchev–Trinajstić information content (AvgIpc) is 2.87. The number of hydrogen-bond acceptors (Lipinski definition) is 10. The van der Waals surface area contributed by atoms with E-state index in [1.165, 1.54) is 60.7 Å². The second-order valence-corrected chi connectivity index (χ2v) is 7.48. The Balaban J connectivity index is 1.80. The first-order valence-electron chi connectivity index (χ1n) is 10.5. The van der Waals surface area contributed by atoms with Gasteiger partial charge in [0.2, 0.25) is 23.6 Å². The average molecular weight is 506 g/mol. The predicted molar refractivity (Wildman–Crippen MR) is 128 cm³/mol. The molecule has 3 rings (SSSR count). The van der Waals surface area contributed by atoms with Crippen molar-refractivity contribution in [2.24, 2.45) is 5.73 Å². The Morgan fingerprint density at radius 3 is 1.59 bits per heavy atom. The number of nitrogens with two attached hydrogens (primary N) is 1. The molecule has 0 atom stereocenters. The molecule has 0 bridgehead atoms. The van der Waals surface area contributed by atoms with Gasteiger partial charge in [-0.15, -0.1) is 0 Å². The Labute approximate surface area is 210 Å². The van der Waals surface area contributed by atoms with E-state index in [4.69, 9.17) is 26.0 Å². The molecule has 0 aliphatic carbocycles. The third-order valence-electron chi connectivity index (χ3n) is 4.81. The van der Waals surface area contributed by atoms with E-state index in [0.717, 1.165) is 13.8 Å². The zero-order valence-corrected chi connectivity index (χ0v) is 19.6. The molecule has 0 radical (unpaired) electrons. The van der Waals surface area contributed by atoms with Gasteiger partial charge in [-0.1, -0.05) is 0 Å². The maximum absolute atomic E-state index is 11.9. The molecule has 3 aromatic rings. The van der Waals surface area contributed by atoms with Crippen molar-refractivity contribution in [3.05, 3.63) is 77.4 Å². The number of pyridine rings is 1. The topological polar surface area (TPSA) is 203 Å². The minimum atomic E-state index is -0.799. The second kappa shape index (κ2) is 11.1. The maximum Gasteiger partial charge on any atom is 0.254 e. The van der Waals surface area contributed by atoms with Crippen LogP contribution in [0.4, 0.5) is 0 Å². The minimum Gasteiger partial charge on any atom is -0.439 e. The van der Waals surface area contributed by atoms with E-state index in [9.17, 15) is 24.8 Å². The SMILES string of the molecule is CC(=O)N(O)C(=N)c1ccc(Oc2ccc(C(N)=O)c(Oc3ccc(C(=N)N(O)C(C)=O)cc3)n2)cc1. The zero-order chi connectivity index (χ0) is 27.3. The number of aromatic nitrogens is 1. The smallest absolute Gasteiger partial charge is 0.254 e. The van der Waals surface area contributed by atoms with Crippen LogP contribution < -0.4 is 15.2 Å². The Hall–Kier alpha value is -5.14. The molecule has 1 heterocycles. The molecule has 0 unspecified atom stereocenters. The van der Waals surface area contributed by atoms with Gasteiger partial charge >= 0.3 is 0 Å². The Morgan fingerprint density at radius 1 is 0.757 bits per heavy atom. The van der Waals surface area contributed by atoms with Crippen molar-refractivity contribution in [1.82, 2.24) is 15.1 Å². The maximum atomic E-state index is 11.9. The number of carbonyl (C=O) groups excluding carboxylic acids is 3. The fourth-order valence-electron chi connectivity index (χ4n) is 2.90. The molecule has 3 amide bonds. The number of hydrogen-bond donors (Lipinski definition) is 5. The Kier molecular flexibility index (Phi) is 7.92.